The van der Waals surface area contributed by atoms with Crippen molar-refractivity contribution in [1.82, 2.24) is 5.32 Å². The molecule has 0 fully saturated rings. The smallest absolute Gasteiger partial charge is 0.404 e. The predicted octanol–water partition coefficient (Wildman–Crippen LogP) is 2.03. The topological polar surface area (TPSA) is 73.6 Å². The van der Waals surface area contributed by atoms with Crippen molar-refractivity contribution in [3.05, 3.63) is 42.0 Å². The Labute approximate surface area is 117 Å². The molecule has 2 rings (SSSR count). The minimum atomic E-state index is -0.744. The number of fused-ring (bicyclic) bond motifs is 1. The average molecular weight is 274 g/mol. The Kier molecular flexibility index (Phi) is 4.79. The summed E-state index contributed by atoms with van der Waals surface area (Å²) >= 11 is 0. The molecule has 5 heteroatoms. The summed E-state index contributed by atoms with van der Waals surface area (Å²) in [4.78, 5) is 10.4. The number of hydrogen-bond donors (Lipinski definition) is 2. The highest BCUT2D eigenvalue weighted by atomic mass is 16.5. The Morgan fingerprint density at radius 1 is 1.20 bits per heavy atom. The highest BCUT2D eigenvalue weighted by molar-refractivity contribution is 5.84. The number of benzene rings is 2. The first-order valence-electron chi connectivity index (χ1n) is 6.38. The Hall–Kier alpha value is -2.27. The van der Waals surface area contributed by atoms with Crippen LogP contribution in [0.25, 0.3) is 10.8 Å². The molecule has 3 N–H and O–H groups in total. The number of nitrogens with two attached hydrogens (primary N) is 1. The van der Waals surface area contributed by atoms with Gasteiger partial charge in [0.15, 0.2) is 0 Å². The number of carbonyl (C=O) groups excluding carboxylic acids is 1. The van der Waals surface area contributed by atoms with E-state index in [1.807, 2.05) is 18.2 Å². The molecule has 2 aromatic carbocycles. The summed E-state index contributed by atoms with van der Waals surface area (Å²) in [5, 5.41) is 5.50. The number of primary amides is 1. The number of amides is 1. The van der Waals surface area contributed by atoms with E-state index >= 15 is 0 Å². The normalized spacial score (nSPS) is 10.4. The van der Waals surface area contributed by atoms with E-state index in [0.29, 0.717) is 13.1 Å². The van der Waals surface area contributed by atoms with Crippen LogP contribution in [-0.2, 0) is 11.3 Å². The molecule has 0 aliphatic carbocycles. The molecule has 0 saturated carbocycles. The first-order valence-corrected chi connectivity index (χ1v) is 6.38. The zero-order valence-corrected chi connectivity index (χ0v) is 11.4. The van der Waals surface area contributed by atoms with Crippen molar-refractivity contribution < 1.29 is 14.3 Å². The third-order valence-electron chi connectivity index (χ3n) is 2.96. The number of carbonyl (C=O) groups is 1. The van der Waals surface area contributed by atoms with Gasteiger partial charge in [-0.3, -0.25) is 0 Å². The van der Waals surface area contributed by atoms with Crippen LogP contribution in [0.3, 0.4) is 0 Å². The molecule has 0 atom stereocenters. The molecular formula is C15H18N2O3. The van der Waals surface area contributed by atoms with Crippen molar-refractivity contribution in [1.29, 1.82) is 0 Å². The molecule has 106 valence electrons. The molecule has 0 unspecified atom stereocenters. The highest BCUT2D eigenvalue weighted by Gasteiger charge is 1.99. The van der Waals surface area contributed by atoms with E-state index in [1.54, 1.807) is 7.11 Å². The van der Waals surface area contributed by atoms with Gasteiger partial charge in [-0.25, -0.2) is 4.79 Å². The van der Waals surface area contributed by atoms with Gasteiger partial charge in [-0.15, -0.1) is 0 Å². The third kappa shape index (κ3) is 3.86. The van der Waals surface area contributed by atoms with E-state index in [2.05, 4.69) is 28.3 Å². The quantitative estimate of drug-likeness (QED) is 0.790. The molecule has 1 amide bonds. The van der Waals surface area contributed by atoms with Crippen LogP contribution in [0.2, 0.25) is 0 Å². The first kappa shape index (κ1) is 14.1. The van der Waals surface area contributed by atoms with E-state index in [-0.39, 0.29) is 6.61 Å². The van der Waals surface area contributed by atoms with Crippen molar-refractivity contribution in [3.63, 3.8) is 0 Å². The molecular weight excluding hydrogens is 256 g/mol. The fourth-order valence-corrected chi connectivity index (χ4v) is 1.97. The molecule has 0 bridgehead atoms. The zero-order chi connectivity index (χ0) is 14.4. The average Bonchev–Trinajstić information content (AvgIpc) is 2.46. The largest absolute Gasteiger partial charge is 0.497 e. The number of hydrogen-bond acceptors (Lipinski definition) is 4. The minimum absolute atomic E-state index is 0.278. The van der Waals surface area contributed by atoms with E-state index in [9.17, 15) is 4.79 Å². The van der Waals surface area contributed by atoms with Crippen LogP contribution >= 0.6 is 0 Å². The number of rotatable bonds is 6. The van der Waals surface area contributed by atoms with Gasteiger partial charge in [0.2, 0.25) is 0 Å². The van der Waals surface area contributed by atoms with Gasteiger partial charge in [-0.1, -0.05) is 18.2 Å². The second-order valence-corrected chi connectivity index (χ2v) is 4.39. The standard InChI is InChI=1S/C15H18N2O3/c1-19-14-5-4-12-8-11(2-3-13(12)9-14)10-17-6-7-20-15(16)18/h2-5,8-9,17H,6-7,10H2,1H3,(H2,16,18). The van der Waals surface area contributed by atoms with Crippen LogP contribution in [0.5, 0.6) is 5.75 Å². The summed E-state index contributed by atoms with van der Waals surface area (Å²) in [5.41, 5.74) is 6.04. The number of nitrogens with one attached hydrogen (secondary N) is 1. The predicted molar refractivity (Wildman–Crippen MR) is 77.7 cm³/mol. The van der Waals surface area contributed by atoms with Gasteiger partial charge >= 0.3 is 6.09 Å². The van der Waals surface area contributed by atoms with Crippen LogP contribution in [0, 0.1) is 0 Å². The van der Waals surface area contributed by atoms with Crippen LogP contribution in [0.1, 0.15) is 5.56 Å². The summed E-state index contributed by atoms with van der Waals surface area (Å²) in [6.45, 7) is 1.56. The summed E-state index contributed by atoms with van der Waals surface area (Å²) < 4.78 is 9.84. The maximum Gasteiger partial charge on any atom is 0.404 e. The van der Waals surface area contributed by atoms with E-state index < -0.39 is 6.09 Å². The molecule has 20 heavy (non-hydrogen) atoms. The fraction of sp³-hybridized carbons (Fsp3) is 0.267. The number of methoxy groups -OCH3 is 1. The maximum absolute atomic E-state index is 10.4. The monoisotopic (exact) mass is 274 g/mol. The lowest BCUT2D eigenvalue weighted by Gasteiger charge is -2.07. The summed E-state index contributed by atoms with van der Waals surface area (Å²) in [5.74, 6) is 0.854. The summed E-state index contributed by atoms with van der Waals surface area (Å²) in [6.07, 6.45) is -0.744. The molecule has 0 radical (unpaired) electrons. The van der Waals surface area contributed by atoms with Crippen LogP contribution in [0.15, 0.2) is 36.4 Å². The lowest BCUT2D eigenvalue weighted by atomic mass is 10.1. The van der Waals surface area contributed by atoms with Crippen molar-refractivity contribution in [3.8, 4) is 5.75 Å². The van der Waals surface area contributed by atoms with Gasteiger partial charge in [0.25, 0.3) is 0 Å². The Bertz CT molecular complexity index is 599. The van der Waals surface area contributed by atoms with Gasteiger partial charge in [0, 0.05) is 13.1 Å². The van der Waals surface area contributed by atoms with Crippen molar-refractivity contribution in [2.45, 2.75) is 6.54 Å². The van der Waals surface area contributed by atoms with Gasteiger partial charge in [-0.05, 0) is 34.5 Å². The van der Waals surface area contributed by atoms with E-state index in [4.69, 9.17) is 10.5 Å². The van der Waals surface area contributed by atoms with Crippen molar-refractivity contribution in [2.24, 2.45) is 5.73 Å². The second kappa shape index (κ2) is 6.77. The molecule has 0 aliphatic rings. The summed E-state index contributed by atoms with van der Waals surface area (Å²) in [6, 6.07) is 12.2. The highest BCUT2D eigenvalue weighted by Crippen LogP contribution is 2.21. The van der Waals surface area contributed by atoms with Crippen LogP contribution < -0.4 is 15.8 Å². The van der Waals surface area contributed by atoms with Crippen LogP contribution in [-0.4, -0.2) is 26.4 Å². The molecule has 0 aromatic heterocycles. The molecule has 0 spiro atoms. The van der Waals surface area contributed by atoms with E-state index in [0.717, 1.165) is 11.1 Å². The molecule has 2 aromatic rings. The van der Waals surface area contributed by atoms with Gasteiger partial charge < -0.3 is 20.5 Å². The molecule has 0 aliphatic heterocycles. The second-order valence-electron chi connectivity index (χ2n) is 4.39. The minimum Gasteiger partial charge on any atom is -0.497 e. The third-order valence-corrected chi connectivity index (χ3v) is 2.96. The Morgan fingerprint density at radius 2 is 1.95 bits per heavy atom. The lowest BCUT2D eigenvalue weighted by molar-refractivity contribution is 0.157. The van der Waals surface area contributed by atoms with Crippen LogP contribution in [0.4, 0.5) is 4.79 Å². The van der Waals surface area contributed by atoms with Gasteiger partial charge in [-0.2, -0.15) is 0 Å². The van der Waals surface area contributed by atoms with Crippen molar-refractivity contribution in [2.75, 3.05) is 20.3 Å². The Morgan fingerprint density at radius 3 is 2.70 bits per heavy atom. The van der Waals surface area contributed by atoms with Gasteiger partial charge in [0.1, 0.15) is 12.4 Å². The lowest BCUT2D eigenvalue weighted by Crippen LogP contribution is -2.23. The van der Waals surface area contributed by atoms with Crippen molar-refractivity contribution >= 4 is 16.9 Å². The SMILES string of the molecule is COc1ccc2cc(CNCCOC(N)=O)ccc2c1. The summed E-state index contributed by atoms with van der Waals surface area (Å²) in [7, 11) is 1.66. The molecule has 0 saturated heterocycles. The Balaban J connectivity index is 1.93. The fourth-order valence-electron chi connectivity index (χ4n) is 1.97. The zero-order valence-electron chi connectivity index (χ0n) is 11.4. The van der Waals surface area contributed by atoms with Gasteiger partial charge in [0.05, 0.1) is 7.11 Å². The van der Waals surface area contributed by atoms with E-state index in [1.165, 1.54) is 10.9 Å². The number of ether oxygens (including phenoxy) is 2. The molecule has 5 nitrogen and oxygen atoms in total. The first-order chi connectivity index (χ1) is 9.69. The maximum atomic E-state index is 10.4. The molecule has 0 heterocycles.